The maximum Gasteiger partial charge on any atom is 0.132 e. The number of nitrogens with one attached hydrogen (secondary N) is 1. The Labute approximate surface area is 96.1 Å². The molecular weight excluding hydrogens is 206 g/mol. The zero-order chi connectivity index (χ0) is 11.1. The standard InChI is InChI=1S/C11H19N3S/c1-4-6-9-13-10(12-3)8-11(14-9)15-7-5-2/h8H,4-7H2,1-3H3,(H,12,13,14). The lowest BCUT2D eigenvalue weighted by Gasteiger charge is -2.06. The number of nitrogens with zero attached hydrogens (tertiary/aromatic N) is 2. The van der Waals surface area contributed by atoms with E-state index in [1.54, 1.807) is 11.8 Å². The van der Waals surface area contributed by atoms with Gasteiger partial charge in [0.2, 0.25) is 0 Å². The topological polar surface area (TPSA) is 37.8 Å². The summed E-state index contributed by atoms with van der Waals surface area (Å²) < 4.78 is 0. The molecule has 0 spiro atoms. The van der Waals surface area contributed by atoms with Crippen LogP contribution in [0.25, 0.3) is 0 Å². The van der Waals surface area contributed by atoms with Crippen molar-refractivity contribution in [3.8, 4) is 0 Å². The van der Waals surface area contributed by atoms with E-state index in [1.165, 1.54) is 6.42 Å². The van der Waals surface area contributed by atoms with Crippen LogP contribution in [0.5, 0.6) is 0 Å². The Morgan fingerprint density at radius 3 is 2.67 bits per heavy atom. The van der Waals surface area contributed by atoms with Gasteiger partial charge in [-0.2, -0.15) is 0 Å². The summed E-state index contributed by atoms with van der Waals surface area (Å²) in [6, 6.07) is 2.01. The van der Waals surface area contributed by atoms with E-state index < -0.39 is 0 Å². The number of aryl methyl sites for hydroxylation is 1. The predicted octanol–water partition coefficient (Wildman–Crippen LogP) is 2.97. The van der Waals surface area contributed by atoms with Crippen LogP contribution >= 0.6 is 11.8 Å². The van der Waals surface area contributed by atoms with E-state index in [-0.39, 0.29) is 0 Å². The molecule has 0 aromatic carbocycles. The Hall–Kier alpha value is -0.770. The SMILES string of the molecule is CCCSc1cc(NC)nc(CCC)n1. The summed E-state index contributed by atoms with van der Waals surface area (Å²) in [5.74, 6) is 2.99. The molecule has 1 heterocycles. The summed E-state index contributed by atoms with van der Waals surface area (Å²) in [5, 5.41) is 4.16. The van der Waals surface area contributed by atoms with Crippen molar-refractivity contribution in [2.45, 2.75) is 38.1 Å². The summed E-state index contributed by atoms with van der Waals surface area (Å²) in [5.41, 5.74) is 0. The first-order valence-electron chi connectivity index (χ1n) is 5.48. The fourth-order valence-electron chi connectivity index (χ4n) is 1.22. The maximum atomic E-state index is 4.52. The van der Waals surface area contributed by atoms with Gasteiger partial charge in [0.1, 0.15) is 16.7 Å². The van der Waals surface area contributed by atoms with Crippen LogP contribution < -0.4 is 5.32 Å². The van der Waals surface area contributed by atoms with E-state index >= 15 is 0 Å². The molecule has 0 unspecified atom stereocenters. The number of rotatable bonds is 6. The van der Waals surface area contributed by atoms with Crippen molar-refractivity contribution in [3.05, 3.63) is 11.9 Å². The van der Waals surface area contributed by atoms with Crippen LogP contribution in [0.2, 0.25) is 0 Å². The summed E-state index contributed by atoms with van der Waals surface area (Å²) in [6.45, 7) is 4.33. The molecule has 1 N–H and O–H groups in total. The first kappa shape index (κ1) is 12.3. The number of thioether (sulfide) groups is 1. The monoisotopic (exact) mass is 225 g/mol. The van der Waals surface area contributed by atoms with Crippen LogP contribution in [0.4, 0.5) is 5.82 Å². The molecule has 15 heavy (non-hydrogen) atoms. The minimum Gasteiger partial charge on any atom is -0.373 e. The van der Waals surface area contributed by atoms with E-state index in [0.29, 0.717) is 0 Å². The van der Waals surface area contributed by atoms with E-state index in [0.717, 1.165) is 35.3 Å². The van der Waals surface area contributed by atoms with Gasteiger partial charge in [-0.1, -0.05) is 13.8 Å². The molecule has 0 aliphatic carbocycles. The van der Waals surface area contributed by atoms with Crippen molar-refractivity contribution < 1.29 is 0 Å². The van der Waals surface area contributed by atoms with Crippen LogP contribution in [-0.4, -0.2) is 22.8 Å². The molecule has 1 aromatic heterocycles. The Balaban J connectivity index is 2.79. The largest absolute Gasteiger partial charge is 0.373 e. The molecular formula is C11H19N3S. The normalized spacial score (nSPS) is 10.3. The molecule has 0 saturated carbocycles. The Morgan fingerprint density at radius 2 is 2.07 bits per heavy atom. The van der Waals surface area contributed by atoms with Crippen molar-refractivity contribution in [1.82, 2.24) is 9.97 Å². The third-order valence-electron chi connectivity index (χ3n) is 1.93. The second kappa shape index (κ2) is 6.67. The van der Waals surface area contributed by atoms with Gasteiger partial charge < -0.3 is 5.32 Å². The minimum absolute atomic E-state index is 0.923. The molecule has 0 radical (unpaired) electrons. The lowest BCUT2D eigenvalue weighted by molar-refractivity contribution is 0.811. The van der Waals surface area contributed by atoms with Crippen LogP contribution in [0.3, 0.4) is 0 Å². The third-order valence-corrected chi connectivity index (χ3v) is 3.05. The number of aromatic nitrogens is 2. The fourth-order valence-corrected chi connectivity index (χ4v) is 1.99. The van der Waals surface area contributed by atoms with Crippen molar-refractivity contribution in [2.75, 3.05) is 18.1 Å². The highest BCUT2D eigenvalue weighted by atomic mass is 32.2. The summed E-state index contributed by atoms with van der Waals surface area (Å²) in [4.78, 5) is 8.93. The van der Waals surface area contributed by atoms with Crippen molar-refractivity contribution in [1.29, 1.82) is 0 Å². The van der Waals surface area contributed by atoms with Gasteiger partial charge in [0, 0.05) is 19.5 Å². The van der Waals surface area contributed by atoms with Crippen molar-refractivity contribution in [3.63, 3.8) is 0 Å². The molecule has 0 saturated heterocycles. The van der Waals surface area contributed by atoms with Gasteiger partial charge in [0.25, 0.3) is 0 Å². The summed E-state index contributed by atoms with van der Waals surface area (Å²) >= 11 is 1.80. The smallest absolute Gasteiger partial charge is 0.132 e. The van der Waals surface area contributed by atoms with E-state index in [1.807, 2.05) is 13.1 Å². The predicted molar refractivity (Wildman–Crippen MR) is 66.6 cm³/mol. The van der Waals surface area contributed by atoms with Crippen LogP contribution in [0.15, 0.2) is 11.1 Å². The molecule has 0 atom stereocenters. The molecule has 1 aromatic rings. The Kier molecular flexibility index (Phi) is 5.47. The highest BCUT2D eigenvalue weighted by Crippen LogP contribution is 2.19. The molecule has 0 aliphatic heterocycles. The van der Waals surface area contributed by atoms with Crippen LogP contribution in [-0.2, 0) is 6.42 Å². The van der Waals surface area contributed by atoms with Gasteiger partial charge in [0.15, 0.2) is 0 Å². The van der Waals surface area contributed by atoms with Crippen molar-refractivity contribution in [2.24, 2.45) is 0 Å². The van der Waals surface area contributed by atoms with E-state index in [4.69, 9.17) is 0 Å². The summed E-state index contributed by atoms with van der Waals surface area (Å²) in [7, 11) is 1.90. The van der Waals surface area contributed by atoms with Crippen LogP contribution in [0.1, 0.15) is 32.5 Å². The van der Waals surface area contributed by atoms with Gasteiger partial charge in [0.05, 0.1) is 0 Å². The molecule has 4 heteroatoms. The molecule has 3 nitrogen and oxygen atoms in total. The van der Waals surface area contributed by atoms with Crippen LogP contribution in [0, 0.1) is 0 Å². The zero-order valence-electron chi connectivity index (χ0n) is 9.71. The lowest BCUT2D eigenvalue weighted by atomic mass is 10.3. The zero-order valence-corrected chi connectivity index (χ0v) is 10.5. The van der Waals surface area contributed by atoms with Gasteiger partial charge in [-0.15, -0.1) is 11.8 Å². The third kappa shape index (κ3) is 4.08. The van der Waals surface area contributed by atoms with Gasteiger partial charge >= 0.3 is 0 Å². The van der Waals surface area contributed by atoms with Gasteiger partial charge in [-0.25, -0.2) is 9.97 Å². The highest BCUT2D eigenvalue weighted by Gasteiger charge is 2.03. The first-order chi connectivity index (χ1) is 7.30. The molecule has 1 rings (SSSR count). The highest BCUT2D eigenvalue weighted by molar-refractivity contribution is 7.99. The summed E-state index contributed by atoms with van der Waals surface area (Å²) in [6.07, 6.45) is 3.22. The number of hydrogen-bond acceptors (Lipinski definition) is 4. The van der Waals surface area contributed by atoms with Crippen molar-refractivity contribution >= 4 is 17.6 Å². The lowest BCUT2D eigenvalue weighted by Crippen LogP contribution is -2.01. The maximum absolute atomic E-state index is 4.52. The van der Waals surface area contributed by atoms with Gasteiger partial charge in [-0.05, 0) is 18.6 Å². The number of anilines is 1. The molecule has 0 fully saturated rings. The van der Waals surface area contributed by atoms with E-state index in [9.17, 15) is 0 Å². The molecule has 0 bridgehead atoms. The Morgan fingerprint density at radius 1 is 1.27 bits per heavy atom. The van der Waals surface area contributed by atoms with Gasteiger partial charge in [-0.3, -0.25) is 0 Å². The molecule has 84 valence electrons. The average molecular weight is 225 g/mol. The molecule has 0 aliphatic rings. The molecule has 0 amide bonds. The average Bonchev–Trinajstić information content (AvgIpc) is 2.26. The second-order valence-corrected chi connectivity index (χ2v) is 4.47. The number of hydrogen-bond donors (Lipinski definition) is 1. The second-order valence-electron chi connectivity index (χ2n) is 3.36. The van der Waals surface area contributed by atoms with E-state index in [2.05, 4.69) is 29.1 Å². The fraction of sp³-hybridized carbons (Fsp3) is 0.636. The Bertz CT molecular complexity index is 302. The minimum atomic E-state index is 0.923. The first-order valence-corrected chi connectivity index (χ1v) is 6.47. The quantitative estimate of drug-likeness (QED) is 0.596.